The minimum atomic E-state index is -0.483. The molecule has 0 saturated carbocycles. The van der Waals surface area contributed by atoms with Crippen molar-refractivity contribution >= 4 is 11.5 Å². The first-order chi connectivity index (χ1) is 9.06. The van der Waals surface area contributed by atoms with E-state index in [2.05, 4.69) is 0 Å². The average molecular weight is 257 g/mol. The molecule has 96 valence electrons. The normalized spacial score (nSPS) is 10.2. The molecule has 0 radical (unpaired) electrons. The summed E-state index contributed by atoms with van der Waals surface area (Å²) in [5.74, 6) is -0.0782. The second-order valence-corrected chi connectivity index (χ2v) is 4.28. The summed E-state index contributed by atoms with van der Waals surface area (Å²) in [6.07, 6.45) is 3.69. The Hall–Kier alpha value is -2.56. The van der Waals surface area contributed by atoms with Gasteiger partial charge in [-0.1, -0.05) is 0 Å². The molecule has 0 aliphatic rings. The number of nitrogens with zero attached hydrogens (tertiary/aromatic N) is 2. The number of Topliss-reactive ketones (excluding diaryl/α,β-unsaturated/α-hetero) is 1. The van der Waals surface area contributed by atoms with E-state index >= 15 is 0 Å². The molecule has 0 bridgehead atoms. The van der Waals surface area contributed by atoms with Gasteiger partial charge in [-0.25, -0.2) is 0 Å². The maximum Gasteiger partial charge on any atom is 0.269 e. The molecule has 0 saturated heterocycles. The highest BCUT2D eigenvalue weighted by Gasteiger charge is 2.13. The number of ketones is 1. The molecule has 1 aromatic heterocycles. The summed E-state index contributed by atoms with van der Waals surface area (Å²) >= 11 is 0. The molecule has 1 heterocycles. The van der Waals surface area contributed by atoms with Crippen molar-refractivity contribution in [3.8, 4) is 0 Å². The van der Waals surface area contributed by atoms with Crippen molar-refractivity contribution in [1.82, 2.24) is 0 Å². The van der Waals surface area contributed by atoms with E-state index in [1.165, 1.54) is 24.3 Å². The first-order valence-electron chi connectivity index (χ1n) is 5.79. The second kappa shape index (κ2) is 5.39. The van der Waals surface area contributed by atoms with Gasteiger partial charge in [0.2, 0.25) is 12.3 Å². The SMILES string of the molecule is Cc1ccc[n+](CC(=O)c2ccc([N+](=O)[O-])cc2)c1. The topological polar surface area (TPSA) is 64.1 Å². The van der Waals surface area contributed by atoms with E-state index in [1.807, 2.05) is 31.5 Å². The predicted octanol–water partition coefficient (Wildman–Crippen LogP) is 2.07. The first-order valence-corrected chi connectivity index (χ1v) is 5.79. The number of non-ortho nitro benzene ring substituents is 1. The van der Waals surface area contributed by atoms with Crippen LogP contribution in [-0.2, 0) is 6.54 Å². The number of nitro groups is 1. The molecule has 0 spiro atoms. The van der Waals surface area contributed by atoms with E-state index in [9.17, 15) is 14.9 Å². The van der Waals surface area contributed by atoms with Crippen LogP contribution in [0, 0.1) is 17.0 Å². The van der Waals surface area contributed by atoms with E-state index in [-0.39, 0.29) is 18.0 Å². The maximum atomic E-state index is 12.0. The van der Waals surface area contributed by atoms with Gasteiger partial charge in [-0.05, 0) is 25.1 Å². The largest absolute Gasteiger partial charge is 0.287 e. The molecule has 0 aliphatic carbocycles. The summed E-state index contributed by atoms with van der Waals surface area (Å²) in [5, 5.41) is 10.5. The molecule has 5 nitrogen and oxygen atoms in total. The maximum absolute atomic E-state index is 12.0. The number of hydrogen-bond donors (Lipinski definition) is 0. The fourth-order valence-electron chi connectivity index (χ4n) is 1.78. The van der Waals surface area contributed by atoms with Crippen molar-refractivity contribution in [3.63, 3.8) is 0 Å². The van der Waals surface area contributed by atoms with E-state index in [0.717, 1.165) is 5.56 Å². The van der Waals surface area contributed by atoms with E-state index < -0.39 is 4.92 Å². The highest BCUT2D eigenvalue weighted by atomic mass is 16.6. The number of rotatable bonds is 4. The van der Waals surface area contributed by atoms with Crippen LogP contribution in [0.4, 0.5) is 5.69 Å². The van der Waals surface area contributed by atoms with Crippen LogP contribution in [0.2, 0.25) is 0 Å². The second-order valence-electron chi connectivity index (χ2n) is 4.28. The lowest BCUT2D eigenvalue weighted by Gasteiger charge is -1.99. The zero-order valence-corrected chi connectivity index (χ0v) is 10.4. The van der Waals surface area contributed by atoms with Crippen molar-refractivity contribution in [1.29, 1.82) is 0 Å². The number of pyridine rings is 1. The molecular weight excluding hydrogens is 244 g/mol. The monoisotopic (exact) mass is 257 g/mol. The highest BCUT2D eigenvalue weighted by Crippen LogP contribution is 2.12. The molecule has 0 N–H and O–H groups in total. The van der Waals surface area contributed by atoms with Gasteiger partial charge in [0.05, 0.1) is 4.92 Å². The zero-order chi connectivity index (χ0) is 13.8. The van der Waals surface area contributed by atoms with Gasteiger partial charge in [0, 0.05) is 29.3 Å². The minimum absolute atomic E-state index is 0.0141. The molecule has 0 aliphatic heterocycles. The van der Waals surface area contributed by atoms with Crippen molar-refractivity contribution in [2.75, 3.05) is 0 Å². The molecule has 0 amide bonds. The average Bonchev–Trinajstić information content (AvgIpc) is 2.39. The van der Waals surface area contributed by atoms with Gasteiger partial charge in [-0.2, -0.15) is 4.57 Å². The molecule has 2 rings (SSSR count). The zero-order valence-electron chi connectivity index (χ0n) is 10.4. The third kappa shape index (κ3) is 3.22. The van der Waals surface area contributed by atoms with Crippen LogP contribution in [0.1, 0.15) is 15.9 Å². The minimum Gasteiger partial charge on any atom is -0.287 e. The van der Waals surface area contributed by atoms with Crippen molar-refractivity contribution < 1.29 is 14.3 Å². The van der Waals surface area contributed by atoms with Crippen LogP contribution in [0.3, 0.4) is 0 Å². The van der Waals surface area contributed by atoms with Gasteiger partial charge in [-0.15, -0.1) is 0 Å². The van der Waals surface area contributed by atoms with Crippen molar-refractivity contribution in [2.45, 2.75) is 13.5 Å². The van der Waals surface area contributed by atoms with E-state index in [4.69, 9.17) is 0 Å². The molecule has 0 atom stereocenters. The lowest BCUT2D eigenvalue weighted by molar-refractivity contribution is -0.683. The summed E-state index contributed by atoms with van der Waals surface area (Å²) in [4.78, 5) is 22.1. The fourth-order valence-corrected chi connectivity index (χ4v) is 1.78. The van der Waals surface area contributed by atoms with Gasteiger partial charge in [0.1, 0.15) is 0 Å². The van der Waals surface area contributed by atoms with Gasteiger partial charge < -0.3 is 0 Å². The van der Waals surface area contributed by atoms with Gasteiger partial charge in [0.15, 0.2) is 12.4 Å². The number of carbonyl (C=O) groups is 1. The number of aromatic nitrogens is 1. The van der Waals surface area contributed by atoms with E-state index in [0.29, 0.717) is 5.56 Å². The highest BCUT2D eigenvalue weighted by molar-refractivity contribution is 5.95. The summed E-state index contributed by atoms with van der Waals surface area (Å²) in [6.45, 7) is 2.17. The third-order valence-electron chi connectivity index (χ3n) is 2.73. The van der Waals surface area contributed by atoms with Crippen LogP contribution in [0.15, 0.2) is 48.8 Å². The van der Waals surface area contributed by atoms with E-state index in [1.54, 1.807) is 4.57 Å². The third-order valence-corrected chi connectivity index (χ3v) is 2.73. The van der Waals surface area contributed by atoms with Crippen LogP contribution in [0.25, 0.3) is 0 Å². The molecule has 19 heavy (non-hydrogen) atoms. The van der Waals surface area contributed by atoms with Crippen LogP contribution >= 0.6 is 0 Å². The number of aryl methyl sites for hydroxylation is 1. The Bertz CT molecular complexity index is 621. The number of benzene rings is 1. The van der Waals surface area contributed by atoms with Crippen molar-refractivity contribution in [3.05, 3.63) is 70.0 Å². The van der Waals surface area contributed by atoms with Crippen LogP contribution in [0.5, 0.6) is 0 Å². The number of hydrogen-bond acceptors (Lipinski definition) is 3. The molecule has 0 fully saturated rings. The van der Waals surface area contributed by atoms with Gasteiger partial charge in [0.25, 0.3) is 5.69 Å². The molecule has 1 aromatic carbocycles. The predicted molar refractivity (Wildman–Crippen MR) is 68.8 cm³/mol. The molecule has 0 unspecified atom stereocenters. The fraction of sp³-hybridized carbons (Fsp3) is 0.143. The summed E-state index contributed by atoms with van der Waals surface area (Å²) < 4.78 is 1.79. The van der Waals surface area contributed by atoms with Crippen LogP contribution < -0.4 is 4.57 Å². The summed E-state index contributed by atoms with van der Waals surface area (Å²) in [7, 11) is 0. The van der Waals surface area contributed by atoms with Gasteiger partial charge in [-0.3, -0.25) is 14.9 Å². The Kier molecular flexibility index (Phi) is 3.66. The Morgan fingerprint density at radius 3 is 2.53 bits per heavy atom. The molecular formula is C14H13N2O3+. The summed E-state index contributed by atoms with van der Waals surface area (Å²) in [5.41, 5.74) is 1.53. The Balaban J connectivity index is 2.14. The van der Waals surface area contributed by atoms with Crippen LogP contribution in [-0.4, -0.2) is 10.7 Å². The quantitative estimate of drug-likeness (QED) is 0.364. The molecule has 2 aromatic rings. The number of nitro benzene ring substituents is 1. The first kappa shape index (κ1) is 12.9. The van der Waals surface area contributed by atoms with Gasteiger partial charge >= 0.3 is 0 Å². The Labute approximate surface area is 110 Å². The smallest absolute Gasteiger partial charge is 0.269 e. The molecule has 5 heteroatoms. The Morgan fingerprint density at radius 2 is 1.95 bits per heavy atom. The summed E-state index contributed by atoms with van der Waals surface area (Å²) in [6, 6.07) is 9.47. The lowest BCUT2D eigenvalue weighted by atomic mass is 10.1. The lowest BCUT2D eigenvalue weighted by Crippen LogP contribution is -2.37. The Morgan fingerprint density at radius 1 is 1.26 bits per heavy atom. The number of carbonyl (C=O) groups excluding carboxylic acids is 1. The standard InChI is InChI=1S/C14H13N2O3/c1-11-3-2-8-15(9-11)10-14(17)12-4-6-13(7-5-12)16(18)19/h2-9H,10H2,1H3/q+1. The van der Waals surface area contributed by atoms with Crippen molar-refractivity contribution in [2.24, 2.45) is 0 Å².